The number of likely N-dealkylation sites (N-methyl/N-ethyl adjacent to an activating group) is 1. The summed E-state index contributed by atoms with van der Waals surface area (Å²) < 4.78 is 0. The summed E-state index contributed by atoms with van der Waals surface area (Å²) in [6, 6.07) is 15.0. The van der Waals surface area contributed by atoms with Gasteiger partial charge in [0.2, 0.25) is 0 Å². The summed E-state index contributed by atoms with van der Waals surface area (Å²) in [7, 11) is 4.20. The zero-order chi connectivity index (χ0) is 13.5. The molecule has 1 aromatic carbocycles. The molecule has 19 heavy (non-hydrogen) atoms. The fraction of sp³-hybridized carbons (Fsp3) is 0.312. The van der Waals surface area contributed by atoms with Crippen molar-refractivity contribution in [3.8, 4) is 0 Å². The van der Waals surface area contributed by atoms with Crippen molar-refractivity contribution in [2.75, 3.05) is 20.6 Å². The Labute approximate surface area is 115 Å². The molecule has 0 fully saturated rings. The van der Waals surface area contributed by atoms with Crippen LogP contribution in [0.4, 0.5) is 0 Å². The molecule has 0 amide bonds. The average Bonchev–Trinajstić information content (AvgIpc) is 2.45. The number of aromatic nitrogens is 1. The fourth-order valence-corrected chi connectivity index (χ4v) is 2.08. The predicted octanol–water partition coefficient (Wildman–Crippen LogP) is 2.47. The lowest BCUT2D eigenvalue weighted by Crippen LogP contribution is -2.30. The van der Waals surface area contributed by atoms with Crippen LogP contribution in [0.1, 0.15) is 17.2 Å². The minimum atomic E-state index is 0.330. The Morgan fingerprint density at radius 1 is 1.11 bits per heavy atom. The van der Waals surface area contributed by atoms with Gasteiger partial charge in [-0.1, -0.05) is 36.4 Å². The Kier molecular flexibility index (Phi) is 5.07. The maximum atomic E-state index is 4.15. The van der Waals surface area contributed by atoms with Crippen LogP contribution in [0.15, 0.2) is 54.9 Å². The SMILES string of the molecule is CN(C)CC(NCc1cccnc1)c1ccccc1. The van der Waals surface area contributed by atoms with E-state index >= 15 is 0 Å². The van der Waals surface area contributed by atoms with Crippen molar-refractivity contribution in [2.24, 2.45) is 0 Å². The maximum Gasteiger partial charge on any atom is 0.0451 e. The summed E-state index contributed by atoms with van der Waals surface area (Å²) in [6.07, 6.45) is 3.71. The third-order valence-electron chi connectivity index (χ3n) is 3.03. The first kappa shape index (κ1) is 13.7. The van der Waals surface area contributed by atoms with E-state index in [4.69, 9.17) is 0 Å². The van der Waals surface area contributed by atoms with Crippen LogP contribution < -0.4 is 5.32 Å². The van der Waals surface area contributed by atoms with Gasteiger partial charge in [0, 0.05) is 31.5 Å². The van der Waals surface area contributed by atoms with Gasteiger partial charge in [0.25, 0.3) is 0 Å². The molecular weight excluding hydrogens is 234 g/mol. The van der Waals surface area contributed by atoms with Crippen molar-refractivity contribution >= 4 is 0 Å². The van der Waals surface area contributed by atoms with E-state index in [2.05, 4.69) is 65.7 Å². The molecule has 0 aliphatic rings. The van der Waals surface area contributed by atoms with Gasteiger partial charge in [-0.25, -0.2) is 0 Å². The second kappa shape index (κ2) is 7.02. The largest absolute Gasteiger partial charge is 0.308 e. The molecule has 0 bridgehead atoms. The number of pyridine rings is 1. The van der Waals surface area contributed by atoms with Crippen LogP contribution in [0.2, 0.25) is 0 Å². The highest BCUT2D eigenvalue weighted by atomic mass is 15.1. The summed E-state index contributed by atoms with van der Waals surface area (Å²) >= 11 is 0. The summed E-state index contributed by atoms with van der Waals surface area (Å²) in [5, 5.41) is 3.60. The van der Waals surface area contributed by atoms with E-state index in [1.54, 1.807) is 6.20 Å². The second-order valence-electron chi connectivity index (χ2n) is 4.97. The molecule has 1 unspecified atom stereocenters. The Morgan fingerprint density at radius 2 is 1.89 bits per heavy atom. The highest BCUT2D eigenvalue weighted by Gasteiger charge is 2.11. The molecule has 1 heterocycles. The van der Waals surface area contributed by atoms with E-state index in [1.165, 1.54) is 11.1 Å². The third kappa shape index (κ3) is 4.47. The van der Waals surface area contributed by atoms with E-state index in [0.29, 0.717) is 6.04 Å². The van der Waals surface area contributed by atoms with Gasteiger partial charge in [-0.2, -0.15) is 0 Å². The van der Waals surface area contributed by atoms with E-state index in [0.717, 1.165) is 13.1 Å². The van der Waals surface area contributed by atoms with Crippen molar-refractivity contribution in [1.82, 2.24) is 15.2 Å². The molecule has 0 aliphatic heterocycles. The Hall–Kier alpha value is -1.71. The second-order valence-corrected chi connectivity index (χ2v) is 4.97. The molecule has 0 saturated carbocycles. The van der Waals surface area contributed by atoms with Gasteiger partial charge < -0.3 is 10.2 Å². The van der Waals surface area contributed by atoms with Crippen LogP contribution in [0.25, 0.3) is 0 Å². The average molecular weight is 255 g/mol. The van der Waals surface area contributed by atoms with Crippen LogP contribution in [-0.4, -0.2) is 30.5 Å². The molecule has 2 aromatic rings. The smallest absolute Gasteiger partial charge is 0.0451 e. The Morgan fingerprint density at radius 3 is 2.53 bits per heavy atom. The van der Waals surface area contributed by atoms with Crippen molar-refractivity contribution in [3.05, 3.63) is 66.0 Å². The monoisotopic (exact) mass is 255 g/mol. The third-order valence-corrected chi connectivity index (χ3v) is 3.03. The quantitative estimate of drug-likeness (QED) is 0.859. The zero-order valence-corrected chi connectivity index (χ0v) is 11.6. The van der Waals surface area contributed by atoms with Crippen LogP contribution in [0.3, 0.4) is 0 Å². The fourth-order valence-electron chi connectivity index (χ4n) is 2.08. The van der Waals surface area contributed by atoms with Gasteiger partial charge in [-0.3, -0.25) is 4.98 Å². The first-order valence-corrected chi connectivity index (χ1v) is 6.57. The zero-order valence-electron chi connectivity index (χ0n) is 11.6. The number of nitrogens with zero attached hydrogens (tertiary/aromatic N) is 2. The van der Waals surface area contributed by atoms with E-state index in [9.17, 15) is 0 Å². The molecule has 1 atom stereocenters. The highest BCUT2D eigenvalue weighted by molar-refractivity contribution is 5.20. The van der Waals surface area contributed by atoms with Crippen LogP contribution >= 0.6 is 0 Å². The molecule has 0 radical (unpaired) electrons. The van der Waals surface area contributed by atoms with Crippen molar-refractivity contribution in [3.63, 3.8) is 0 Å². The van der Waals surface area contributed by atoms with Crippen LogP contribution in [0, 0.1) is 0 Å². The summed E-state index contributed by atoms with van der Waals surface area (Å²) in [6.45, 7) is 1.81. The Balaban J connectivity index is 2.02. The van der Waals surface area contributed by atoms with Crippen molar-refractivity contribution in [1.29, 1.82) is 0 Å². The normalized spacial score (nSPS) is 12.6. The van der Waals surface area contributed by atoms with Crippen molar-refractivity contribution in [2.45, 2.75) is 12.6 Å². The molecule has 100 valence electrons. The van der Waals surface area contributed by atoms with Gasteiger partial charge in [0.05, 0.1) is 0 Å². The number of benzene rings is 1. The van der Waals surface area contributed by atoms with Gasteiger partial charge in [0.15, 0.2) is 0 Å². The maximum absolute atomic E-state index is 4.15. The summed E-state index contributed by atoms with van der Waals surface area (Å²) in [4.78, 5) is 6.35. The highest BCUT2D eigenvalue weighted by Crippen LogP contribution is 2.14. The molecular formula is C16H21N3. The molecule has 1 aromatic heterocycles. The van der Waals surface area contributed by atoms with Crippen LogP contribution in [-0.2, 0) is 6.54 Å². The molecule has 2 rings (SSSR count). The molecule has 3 heteroatoms. The van der Waals surface area contributed by atoms with E-state index in [-0.39, 0.29) is 0 Å². The standard InChI is InChI=1S/C16H21N3/c1-19(2)13-16(15-8-4-3-5-9-15)18-12-14-7-6-10-17-11-14/h3-11,16,18H,12-13H2,1-2H3. The van der Waals surface area contributed by atoms with Gasteiger partial charge in [-0.15, -0.1) is 0 Å². The molecule has 0 saturated heterocycles. The molecule has 3 nitrogen and oxygen atoms in total. The lowest BCUT2D eigenvalue weighted by atomic mass is 10.1. The Bertz CT molecular complexity index is 468. The van der Waals surface area contributed by atoms with E-state index < -0.39 is 0 Å². The summed E-state index contributed by atoms with van der Waals surface area (Å²) in [5.74, 6) is 0. The number of hydrogen-bond acceptors (Lipinski definition) is 3. The van der Waals surface area contributed by atoms with Gasteiger partial charge >= 0.3 is 0 Å². The summed E-state index contributed by atoms with van der Waals surface area (Å²) in [5.41, 5.74) is 2.53. The topological polar surface area (TPSA) is 28.2 Å². The van der Waals surface area contributed by atoms with Gasteiger partial charge in [0.1, 0.15) is 0 Å². The van der Waals surface area contributed by atoms with Crippen LogP contribution in [0.5, 0.6) is 0 Å². The lowest BCUT2D eigenvalue weighted by molar-refractivity contribution is 0.340. The van der Waals surface area contributed by atoms with Crippen molar-refractivity contribution < 1.29 is 0 Å². The minimum absolute atomic E-state index is 0.330. The minimum Gasteiger partial charge on any atom is -0.308 e. The lowest BCUT2D eigenvalue weighted by Gasteiger charge is -2.23. The first-order valence-electron chi connectivity index (χ1n) is 6.57. The van der Waals surface area contributed by atoms with E-state index in [1.807, 2.05) is 12.3 Å². The first-order chi connectivity index (χ1) is 9.25. The predicted molar refractivity (Wildman–Crippen MR) is 78.8 cm³/mol. The molecule has 0 aliphatic carbocycles. The number of hydrogen-bond donors (Lipinski definition) is 1. The number of rotatable bonds is 6. The van der Waals surface area contributed by atoms with Gasteiger partial charge in [-0.05, 0) is 31.3 Å². The number of nitrogens with one attached hydrogen (secondary N) is 1. The molecule has 0 spiro atoms. The molecule has 1 N–H and O–H groups in total.